The molecule has 52 valence electrons. The molecular weight excluding hydrogens is 108 g/mol. The molecule has 0 atom stereocenters. The Morgan fingerprint density at radius 3 is 1.78 bits per heavy atom. The van der Waals surface area contributed by atoms with Gasteiger partial charge in [0.1, 0.15) is 0 Å². The molecule has 9 heavy (non-hydrogen) atoms. The molecule has 0 heteroatoms. The zero-order valence-electron chi connectivity index (χ0n) is 6.86. The summed E-state index contributed by atoms with van der Waals surface area (Å²) in [4.78, 5) is 0. The van der Waals surface area contributed by atoms with Gasteiger partial charge in [0.25, 0.3) is 0 Å². The fourth-order valence-corrected chi connectivity index (χ4v) is 0.857. The van der Waals surface area contributed by atoms with Crippen molar-refractivity contribution in [3.05, 3.63) is 24.3 Å². The van der Waals surface area contributed by atoms with Crippen LogP contribution in [0.2, 0.25) is 0 Å². The first-order valence-corrected chi connectivity index (χ1v) is 3.31. The van der Waals surface area contributed by atoms with Crippen LogP contribution in [-0.4, -0.2) is 0 Å². The molecule has 0 fully saturated rings. The second-order valence-corrected chi connectivity index (χ2v) is 3.20. The van der Waals surface area contributed by atoms with Crippen molar-refractivity contribution in [3.63, 3.8) is 0 Å². The Bertz CT molecular complexity index is 121. The molecule has 0 aromatic heterocycles. The van der Waals surface area contributed by atoms with Crippen molar-refractivity contribution in [3.8, 4) is 0 Å². The summed E-state index contributed by atoms with van der Waals surface area (Å²) in [6, 6.07) is 0. The summed E-state index contributed by atoms with van der Waals surface area (Å²) in [7, 11) is 0. The van der Waals surface area contributed by atoms with Gasteiger partial charge in [-0.05, 0) is 17.9 Å². The first kappa shape index (κ1) is 8.48. The van der Waals surface area contributed by atoms with E-state index in [2.05, 4.69) is 33.4 Å². The lowest BCUT2D eigenvalue weighted by Gasteiger charge is -2.19. The molecule has 0 N–H and O–H groups in total. The van der Waals surface area contributed by atoms with Crippen LogP contribution in [0.4, 0.5) is 0 Å². The summed E-state index contributed by atoms with van der Waals surface area (Å²) >= 11 is 0. The molecular formula is C9H16. The maximum absolute atomic E-state index is 3.73. The van der Waals surface area contributed by atoms with E-state index in [0.717, 1.165) is 0 Å². The van der Waals surface area contributed by atoms with Crippen molar-refractivity contribution in [2.24, 2.45) is 5.41 Å². The number of allylic oxidation sites excluding steroid dienone is 3. The monoisotopic (exact) mass is 124 g/mol. The Morgan fingerprint density at radius 2 is 1.78 bits per heavy atom. The lowest BCUT2D eigenvalue weighted by Crippen LogP contribution is -2.06. The van der Waals surface area contributed by atoms with Crippen molar-refractivity contribution in [1.29, 1.82) is 0 Å². The summed E-state index contributed by atoms with van der Waals surface area (Å²) in [5.41, 5.74) is 1.57. The minimum absolute atomic E-state index is 0.260. The van der Waals surface area contributed by atoms with Crippen molar-refractivity contribution in [2.75, 3.05) is 0 Å². The van der Waals surface area contributed by atoms with E-state index in [1.54, 1.807) is 0 Å². The van der Waals surface area contributed by atoms with Gasteiger partial charge in [0.15, 0.2) is 0 Å². The predicted octanol–water partition coefficient (Wildman–Crippen LogP) is 3.16. The highest BCUT2D eigenvalue weighted by Crippen LogP contribution is 2.24. The Morgan fingerprint density at radius 1 is 1.33 bits per heavy atom. The summed E-state index contributed by atoms with van der Waals surface area (Å²) in [5.74, 6) is 0. The standard InChI is InChI=1S/C9H16/c1-6-8(7-2)9(3,4)5/h6-7H,1H2,2-5H3. The summed E-state index contributed by atoms with van der Waals surface area (Å²) in [5, 5.41) is 0. The highest BCUT2D eigenvalue weighted by molar-refractivity contribution is 5.21. The van der Waals surface area contributed by atoms with Gasteiger partial charge < -0.3 is 0 Å². The second-order valence-electron chi connectivity index (χ2n) is 3.20. The third kappa shape index (κ3) is 2.50. The molecule has 0 aromatic rings. The van der Waals surface area contributed by atoms with E-state index in [9.17, 15) is 0 Å². The molecule has 0 amide bonds. The number of hydrogen-bond acceptors (Lipinski definition) is 0. The molecule has 0 saturated carbocycles. The molecule has 0 bridgehead atoms. The van der Waals surface area contributed by atoms with Gasteiger partial charge in [0.2, 0.25) is 0 Å². The molecule has 0 saturated heterocycles. The summed E-state index contributed by atoms with van der Waals surface area (Å²) < 4.78 is 0. The van der Waals surface area contributed by atoms with E-state index < -0.39 is 0 Å². The van der Waals surface area contributed by atoms with Crippen LogP contribution in [0.25, 0.3) is 0 Å². The van der Waals surface area contributed by atoms with Crippen LogP contribution >= 0.6 is 0 Å². The predicted molar refractivity (Wildman–Crippen MR) is 43.4 cm³/mol. The quantitative estimate of drug-likeness (QED) is 0.471. The minimum atomic E-state index is 0.260. The summed E-state index contributed by atoms with van der Waals surface area (Å²) in [6.07, 6.45) is 4.02. The van der Waals surface area contributed by atoms with Gasteiger partial charge in [-0.15, -0.1) is 0 Å². The Kier molecular flexibility index (Phi) is 2.69. The average Bonchev–Trinajstić information content (AvgIpc) is 1.65. The van der Waals surface area contributed by atoms with Crippen LogP contribution in [0.1, 0.15) is 27.7 Å². The molecule has 0 aliphatic rings. The normalized spacial score (nSPS) is 13.6. The van der Waals surface area contributed by atoms with Crippen molar-refractivity contribution in [1.82, 2.24) is 0 Å². The van der Waals surface area contributed by atoms with E-state index in [0.29, 0.717) is 0 Å². The topological polar surface area (TPSA) is 0 Å². The zero-order valence-corrected chi connectivity index (χ0v) is 6.86. The average molecular weight is 124 g/mol. The Hall–Kier alpha value is -0.520. The smallest absolute Gasteiger partial charge is 0.0135 e. The molecule has 0 heterocycles. The van der Waals surface area contributed by atoms with Crippen LogP contribution in [0.5, 0.6) is 0 Å². The number of rotatable bonds is 1. The van der Waals surface area contributed by atoms with E-state index >= 15 is 0 Å². The van der Waals surface area contributed by atoms with Gasteiger partial charge in [-0.2, -0.15) is 0 Å². The molecule has 0 aliphatic carbocycles. The minimum Gasteiger partial charge on any atom is -0.0988 e. The molecule has 0 nitrogen and oxygen atoms in total. The van der Waals surface area contributed by atoms with Crippen molar-refractivity contribution >= 4 is 0 Å². The number of hydrogen-bond donors (Lipinski definition) is 0. The van der Waals surface area contributed by atoms with Gasteiger partial charge in [0.05, 0.1) is 0 Å². The van der Waals surface area contributed by atoms with E-state index in [4.69, 9.17) is 0 Å². The lowest BCUT2D eigenvalue weighted by atomic mass is 9.86. The van der Waals surface area contributed by atoms with E-state index in [1.165, 1.54) is 5.57 Å². The molecule has 0 aliphatic heterocycles. The SMILES string of the molecule is C=CC(=CC)C(C)(C)C. The van der Waals surface area contributed by atoms with Gasteiger partial charge in [-0.25, -0.2) is 0 Å². The maximum Gasteiger partial charge on any atom is -0.0135 e. The van der Waals surface area contributed by atoms with Gasteiger partial charge in [-0.1, -0.05) is 39.5 Å². The van der Waals surface area contributed by atoms with Crippen LogP contribution in [0.15, 0.2) is 24.3 Å². The highest BCUT2D eigenvalue weighted by atomic mass is 14.2. The third-order valence-electron chi connectivity index (χ3n) is 1.40. The molecule has 0 rings (SSSR count). The first-order valence-electron chi connectivity index (χ1n) is 3.31. The Labute approximate surface area is 58.3 Å². The second kappa shape index (κ2) is 2.86. The summed E-state index contributed by atoms with van der Waals surface area (Å²) in [6.45, 7) is 12.3. The lowest BCUT2D eigenvalue weighted by molar-refractivity contribution is 0.516. The van der Waals surface area contributed by atoms with E-state index in [1.807, 2.05) is 13.0 Å². The first-order chi connectivity index (χ1) is 4.02. The van der Waals surface area contributed by atoms with Crippen LogP contribution < -0.4 is 0 Å². The van der Waals surface area contributed by atoms with Crippen molar-refractivity contribution in [2.45, 2.75) is 27.7 Å². The molecule has 0 aromatic carbocycles. The highest BCUT2D eigenvalue weighted by Gasteiger charge is 2.11. The molecule has 0 unspecified atom stereocenters. The third-order valence-corrected chi connectivity index (χ3v) is 1.40. The van der Waals surface area contributed by atoms with Crippen LogP contribution in [0.3, 0.4) is 0 Å². The van der Waals surface area contributed by atoms with Crippen LogP contribution in [-0.2, 0) is 0 Å². The van der Waals surface area contributed by atoms with Crippen molar-refractivity contribution < 1.29 is 0 Å². The Balaban J connectivity index is 4.32. The van der Waals surface area contributed by atoms with Gasteiger partial charge in [0, 0.05) is 0 Å². The molecule has 0 radical (unpaired) electrons. The van der Waals surface area contributed by atoms with Crippen LogP contribution in [0, 0.1) is 5.41 Å². The maximum atomic E-state index is 3.73. The van der Waals surface area contributed by atoms with Gasteiger partial charge in [-0.3, -0.25) is 0 Å². The zero-order chi connectivity index (χ0) is 7.49. The largest absolute Gasteiger partial charge is 0.0988 e. The van der Waals surface area contributed by atoms with E-state index in [-0.39, 0.29) is 5.41 Å². The fraction of sp³-hybridized carbons (Fsp3) is 0.556. The van der Waals surface area contributed by atoms with Gasteiger partial charge >= 0.3 is 0 Å². The molecule has 0 spiro atoms. The fourth-order valence-electron chi connectivity index (χ4n) is 0.857.